The van der Waals surface area contributed by atoms with Gasteiger partial charge in [-0.05, 0) is 35.3 Å². The molecule has 1 aromatic carbocycles. The third-order valence-electron chi connectivity index (χ3n) is 5.23. The molecule has 1 aromatic rings. The van der Waals surface area contributed by atoms with E-state index in [1.54, 1.807) is 4.90 Å². The number of piperidine rings is 1. The topological polar surface area (TPSA) is 49.8 Å². The summed E-state index contributed by atoms with van der Waals surface area (Å²) < 4.78 is 0. The first-order valence-corrected chi connectivity index (χ1v) is 6.78. The molecule has 3 unspecified atom stereocenters. The van der Waals surface area contributed by atoms with Gasteiger partial charge in [0.05, 0.1) is 0 Å². The Labute approximate surface area is 112 Å². The molecule has 1 fully saturated rings. The van der Waals surface area contributed by atoms with Crippen molar-refractivity contribution < 1.29 is 14.9 Å². The lowest BCUT2D eigenvalue weighted by molar-refractivity contribution is -0.193. The Morgan fingerprint density at radius 2 is 2.21 bits per heavy atom. The first kappa shape index (κ1) is 12.5. The summed E-state index contributed by atoms with van der Waals surface area (Å²) in [6, 6.07) is 8.59. The lowest BCUT2D eigenvalue weighted by atomic mass is 9.59. The molecule has 0 aromatic heterocycles. The molecule has 3 atom stereocenters. The van der Waals surface area contributed by atoms with Gasteiger partial charge in [-0.15, -0.1) is 0 Å². The van der Waals surface area contributed by atoms with Gasteiger partial charge in [0.1, 0.15) is 0 Å². The third-order valence-corrected chi connectivity index (χ3v) is 5.23. The smallest absolute Gasteiger partial charge is 0.302 e. The molecule has 1 aliphatic carbocycles. The van der Waals surface area contributed by atoms with Gasteiger partial charge in [-0.2, -0.15) is 5.26 Å². The van der Waals surface area contributed by atoms with Crippen molar-refractivity contribution in [1.82, 2.24) is 4.90 Å². The Balaban J connectivity index is 2.04. The number of carbonyl (C=O) groups excluding carboxylic acids is 1. The second kappa shape index (κ2) is 4.23. The monoisotopic (exact) mass is 261 g/mol. The molecule has 3 rings (SSSR count). The largest absolute Gasteiger partial charge is 0.441 e. The lowest BCUT2D eigenvalue weighted by Gasteiger charge is -2.53. The number of carbonyl (C=O) groups is 1. The highest BCUT2D eigenvalue weighted by Gasteiger charge is 2.49. The highest BCUT2D eigenvalue weighted by Crippen LogP contribution is 2.48. The minimum Gasteiger partial charge on any atom is -0.302 e. The highest BCUT2D eigenvalue weighted by atomic mass is 17.1. The molecule has 1 heterocycles. The van der Waals surface area contributed by atoms with Crippen LogP contribution in [0.3, 0.4) is 0 Å². The van der Waals surface area contributed by atoms with Crippen LogP contribution in [-0.2, 0) is 16.7 Å². The quantitative estimate of drug-likeness (QED) is 0.577. The Morgan fingerprint density at radius 3 is 2.95 bits per heavy atom. The summed E-state index contributed by atoms with van der Waals surface area (Å²) in [5.74, 6) is 0.357. The van der Waals surface area contributed by atoms with Crippen molar-refractivity contribution in [2.45, 2.75) is 38.1 Å². The molecule has 2 bridgehead atoms. The number of nitrogens with zero attached hydrogens (tertiary/aromatic N) is 1. The number of likely N-dealkylation sites (tertiary alicyclic amines) is 1. The zero-order chi connectivity index (χ0) is 13.6. The van der Waals surface area contributed by atoms with Gasteiger partial charge in [-0.1, -0.05) is 38.1 Å². The Hall–Kier alpha value is -1.55. The number of fused-ring (bicyclic) bond motifs is 4. The summed E-state index contributed by atoms with van der Waals surface area (Å²) in [6.07, 6.45) is 1.11. The summed E-state index contributed by atoms with van der Waals surface area (Å²) in [4.78, 5) is 17.3. The van der Waals surface area contributed by atoms with Gasteiger partial charge in [0.15, 0.2) is 0 Å². The minimum absolute atomic E-state index is 0.103. The van der Waals surface area contributed by atoms with E-state index in [9.17, 15) is 4.79 Å². The van der Waals surface area contributed by atoms with Crippen LogP contribution >= 0.6 is 0 Å². The normalized spacial score (nSPS) is 32.7. The van der Waals surface area contributed by atoms with E-state index in [1.165, 1.54) is 11.1 Å². The van der Waals surface area contributed by atoms with Crippen LogP contribution in [0.2, 0.25) is 0 Å². The molecular weight excluding hydrogens is 242 g/mol. The SMILES string of the molecule is CC1C2Cc3ccccc3C1(C)CCN2C(=O)OO. The molecule has 2 aliphatic rings. The van der Waals surface area contributed by atoms with Crippen LogP contribution in [-0.4, -0.2) is 28.8 Å². The number of rotatable bonds is 0. The Morgan fingerprint density at radius 1 is 1.47 bits per heavy atom. The van der Waals surface area contributed by atoms with Crippen molar-refractivity contribution in [2.24, 2.45) is 5.92 Å². The van der Waals surface area contributed by atoms with Gasteiger partial charge < -0.3 is 4.90 Å². The van der Waals surface area contributed by atoms with Crippen LogP contribution in [0.5, 0.6) is 0 Å². The van der Waals surface area contributed by atoms with Crippen molar-refractivity contribution in [2.75, 3.05) is 6.54 Å². The van der Waals surface area contributed by atoms with Crippen molar-refractivity contribution in [3.05, 3.63) is 35.4 Å². The maximum Gasteiger partial charge on any atom is 0.441 e. The van der Waals surface area contributed by atoms with E-state index in [-0.39, 0.29) is 11.5 Å². The molecule has 1 amide bonds. The van der Waals surface area contributed by atoms with E-state index >= 15 is 0 Å². The number of hydrogen-bond acceptors (Lipinski definition) is 3. The molecule has 0 spiro atoms. The Kier molecular flexibility index (Phi) is 2.78. The van der Waals surface area contributed by atoms with Gasteiger partial charge >= 0.3 is 6.09 Å². The fourth-order valence-corrected chi connectivity index (χ4v) is 3.87. The van der Waals surface area contributed by atoms with Crippen molar-refractivity contribution in [1.29, 1.82) is 0 Å². The number of hydrogen-bond donors (Lipinski definition) is 1. The van der Waals surface area contributed by atoms with Crippen molar-refractivity contribution in [3.8, 4) is 0 Å². The summed E-state index contributed by atoms with van der Waals surface area (Å²) in [5, 5.41) is 8.64. The van der Waals surface area contributed by atoms with Gasteiger partial charge in [-0.3, -0.25) is 4.89 Å². The molecule has 4 nitrogen and oxygen atoms in total. The predicted octanol–water partition coefficient (Wildman–Crippen LogP) is 2.82. The van der Waals surface area contributed by atoms with Crippen LogP contribution in [0, 0.1) is 5.92 Å². The molecule has 0 radical (unpaired) electrons. The van der Waals surface area contributed by atoms with Crippen LogP contribution in [0.4, 0.5) is 4.79 Å². The fraction of sp³-hybridized carbons (Fsp3) is 0.533. The van der Waals surface area contributed by atoms with Gasteiger partial charge in [-0.25, -0.2) is 4.79 Å². The minimum atomic E-state index is -0.627. The second-order valence-corrected chi connectivity index (χ2v) is 5.94. The van der Waals surface area contributed by atoms with E-state index in [4.69, 9.17) is 5.26 Å². The third kappa shape index (κ3) is 1.66. The van der Waals surface area contributed by atoms with Crippen molar-refractivity contribution >= 4 is 6.09 Å². The molecule has 0 saturated carbocycles. The first-order valence-electron chi connectivity index (χ1n) is 6.78. The molecule has 1 saturated heterocycles. The Bertz CT molecular complexity index is 516. The molecular formula is C15H19NO3. The van der Waals surface area contributed by atoms with Crippen LogP contribution < -0.4 is 0 Å². The molecule has 19 heavy (non-hydrogen) atoms. The second-order valence-electron chi connectivity index (χ2n) is 5.94. The number of amides is 1. The maximum absolute atomic E-state index is 11.7. The molecule has 102 valence electrons. The van der Waals surface area contributed by atoms with Crippen LogP contribution in [0.15, 0.2) is 24.3 Å². The summed E-state index contributed by atoms with van der Waals surface area (Å²) in [5.41, 5.74) is 2.82. The van der Waals surface area contributed by atoms with E-state index < -0.39 is 6.09 Å². The van der Waals surface area contributed by atoms with Gasteiger partial charge in [0.2, 0.25) is 0 Å². The van der Waals surface area contributed by atoms with E-state index in [0.717, 1.165) is 12.8 Å². The van der Waals surface area contributed by atoms with Crippen LogP contribution in [0.1, 0.15) is 31.4 Å². The molecule has 4 heteroatoms. The summed E-state index contributed by atoms with van der Waals surface area (Å²) >= 11 is 0. The maximum atomic E-state index is 11.7. The van der Waals surface area contributed by atoms with Gasteiger partial charge in [0, 0.05) is 12.6 Å². The molecule has 1 aliphatic heterocycles. The average molecular weight is 261 g/mol. The highest BCUT2D eigenvalue weighted by molar-refractivity contribution is 5.68. The number of benzene rings is 1. The van der Waals surface area contributed by atoms with E-state index in [2.05, 4.69) is 36.9 Å². The predicted molar refractivity (Wildman–Crippen MR) is 70.9 cm³/mol. The lowest BCUT2D eigenvalue weighted by Crippen LogP contribution is -2.59. The fourth-order valence-electron chi connectivity index (χ4n) is 3.87. The van der Waals surface area contributed by atoms with Crippen molar-refractivity contribution in [3.63, 3.8) is 0 Å². The zero-order valence-corrected chi connectivity index (χ0v) is 11.3. The van der Waals surface area contributed by atoms with Gasteiger partial charge in [0.25, 0.3) is 0 Å². The van der Waals surface area contributed by atoms with Crippen LogP contribution in [0.25, 0.3) is 0 Å². The zero-order valence-electron chi connectivity index (χ0n) is 11.3. The molecule has 1 N–H and O–H groups in total. The van der Waals surface area contributed by atoms with E-state index in [1.807, 2.05) is 6.07 Å². The average Bonchev–Trinajstić information content (AvgIpc) is 2.42. The standard InChI is InChI=1S/C15H19NO3/c1-10-13-9-11-5-3-4-6-12(11)15(10,2)7-8-16(13)14(17)19-18/h3-6,10,13,18H,7-9H2,1-2H3. The summed E-state index contributed by atoms with van der Waals surface area (Å²) in [7, 11) is 0. The van der Waals surface area contributed by atoms with E-state index in [0.29, 0.717) is 12.5 Å². The summed E-state index contributed by atoms with van der Waals surface area (Å²) in [6.45, 7) is 5.11. The first-order chi connectivity index (χ1) is 9.08.